The molecule has 0 radical (unpaired) electrons. The van der Waals surface area contributed by atoms with Crippen molar-refractivity contribution in [1.82, 2.24) is 0 Å². The van der Waals surface area contributed by atoms with E-state index in [9.17, 15) is 9.59 Å². The average molecular weight is 220 g/mol. The zero-order valence-corrected chi connectivity index (χ0v) is 9.56. The summed E-state index contributed by atoms with van der Waals surface area (Å²) in [5.74, 6) is -1.07. The zero-order valence-electron chi connectivity index (χ0n) is 9.56. The van der Waals surface area contributed by atoms with Crippen molar-refractivity contribution in [3.05, 3.63) is 23.8 Å². The third-order valence-electron chi connectivity index (χ3n) is 3.49. The van der Waals surface area contributed by atoms with Gasteiger partial charge < -0.3 is 5.11 Å². The van der Waals surface area contributed by atoms with E-state index in [2.05, 4.69) is 0 Å². The highest BCUT2D eigenvalue weighted by molar-refractivity contribution is 6.03. The highest BCUT2D eigenvalue weighted by Gasteiger charge is 2.44. The van der Waals surface area contributed by atoms with Crippen LogP contribution in [0.2, 0.25) is 0 Å². The number of carbonyl (C=O) groups excluding carboxylic acids is 1. The number of hydrogen-bond acceptors (Lipinski definition) is 2. The minimum atomic E-state index is -1.03. The van der Waals surface area contributed by atoms with Gasteiger partial charge in [-0.3, -0.25) is 9.59 Å². The van der Waals surface area contributed by atoms with E-state index in [0.717, 1.165) is 18.4 Å². The normalized spacial score (nSPS) is 25.5. The summed E-state index contributed by atoms with van der Waals surface area (Å²) in [5, 5.41) is 9.15. The van der Waals surface area contributed by atoms with Crippen LogP contribution in [0, 0.1) is 17.3 Å². The third-order valence-corrected chi connectivity index (χ3v) is 3.49. The van der Waals surface area contributed by atoms with Crippen LogP contribution in [0.4, 0.5) is 0 Å². The topological polar surface area (TPSA) is 54.4 Å². The molecule has 1 saturated carbocycles. The molecule has 3 heteroatoms. The van der Waals surface area contributed by atoms with E-state index in [0.29, 0.717) is 5.92 Å². The summed E-state index contributed by atoms with van der Waals surface area (Å²) in [5.41, 5.74) is -0.205. The number of aliphatic carboxylic acids is 1. The second kappa shape index (κ2) is 3.58. The smallest absolute Gasteiger partial charge is 0.310 e. The zero-order chi connectivity index (χ0) is 11.9. The molecule has 0 aliphatic heterocycles. The van der Waals surface area contributed by atoms with E-state index < -0.39 is 17.3 Å². The van der Waals surface area contributed by atoms with Gasteiger partial charge in [0, 0.05) is 0 Å². The second-order valence-electron chi connectivity index (χ2n) is 5.15. The van der Waals surface area contributed by atoms with Crippen molar-refractivity contribution in [1.29, 1.82) is 0 Å². The molecule has 0 amide bonds. The molecule has 1 unspecified atom stereocenters. The quantitative estimate of drug-likeness (QED) is 0.793. The maximum Gasteiger partial charge on any atom is 0.310 e. The van der Waals surface area contributed by atoms with Gasteiger partial charge in [-0.25, -0.2) is 0 Å². The average Bonchev–Trinajstić information content (AvgIpc) is 3.01. The van der Waals surface area contributed by atoms with Crippen molar-refractivity contribution in [3.63, 3.8) is 0 Å². The van der Waals surface area contributed by atoms with E-state index >= 15 is 0 Å². The Kier molecular flexibility index (Phi) is 2.49. The van der Waals surface area contributed by atoms with Gasteiger partial charge in [0.15, 0.2) is 5.78 Å². The van der Waals surface area contributed by atoms with Crippen molar-refractivity contribution in [2.24, 2.45) is 17.3 Å². The fourth-order valence-electron chi connectivity index (χ4n) is 2.05. The van der Waals surface area contributed by atoms with Crippen LogP contribution in [-0.2, 0) is 9.59 Å². The summed E-state index contributed by atoms with van der Waals surface area (Å²) in [6, 6.07) is 0. The molecule has 0 saturated heterocycles. The Bertz CT molecular complexity index is 397. The molecule has 1 atom stereocenters. The first-order chi connectivity index (χ1) is 7.44. The number of hydrogen-bond donors (Lipinski definition) is 1. The lowest BCUT2D eigenvalue weighted by Crippen LogP contribution is -2.38. The molecule has 0 aromatic carbocycles. The summed E-state index contributed by atoms with van der Waals surface area (Å²) < 4.78 is 0. The Morgan fingerprint density at radius 3 is 2.56 bits per heavy atom. The molecule has 0 aromatic rings. The van der Waals surface area contributed by atoms with Gasteiger partial charge in [-0.15, -0.1) is 0 Å². The van der Waals surface area contributed by atoms with Gasteiger partial charge in [0.1, 0.15) is 0 Å². The molecule has 0 bridgehead atoms. The fraction of sp³-hybridized carbons (Fsp3) is 0.538. The molecular formula is C13H16O3. The molecular weight excluding hydrogens is 204 g/mol. The molecule has 86 valence electrons. The first kappa shape index (κ1) is 11.1. The number of carbonyl (C=O) groups is 2. The van der Waals surface area contributed by atoms with Crippen LogP contribution < -0.4 is 0 Å². The molecule has 0 heterocycles. The molecule has 0 aromatic heterocycles. The van der Waals surface area contributed by atoms with Gasteiger partial charge in [-0.1, -0.05) is 18.2 Å². The Labute approximate surface area is 94.8 Å². The minimum Gasteiger partial charge on any atom is -0.481 e. The van der Waals surface area contributed by atoms with Crippen LogP contribution >= 0.6 is 0 Å². The first-order valence-corrected chi connectivity index (χ1v) is 5.60. The molecule has 1 N–H and O–H groups in total. The standard InChI is InChI=1S/C13H16O3/c1-13(2,12(15)16)10-5-3-4-9(11(10)14)8-6-7-8/h3-5,8,10H,6-7H2,1-2H3,(H,15,16). The summed E-state index contributed by atoms with van der Waals surface area (Å²) in [6.07, 6.45) is 7.50. The minimum absolute atomic E-state index is 0.00241. The Balaban J connectivity index is 2.26. The van der Waals surface area contributed by atoms with Crippen molar-refractivity contribution < 1.29 is 14.7 Å². The van der Waals surface area contributed by atoms with Crippen molar-refractivity contribution in [3.8, 4) is 0 Å². The first-order valence-electron chi connectivity index (χ1n) is 5.60. The number of allylic oxidation sites excluding steroid dienone is 4. The van der Waals surface area contributed by atoms with Crippen LogP contribution in [-0.4, -0.2) is 16.9 Å². The molecule has 3 nitrogen and oxygen atoms in total. The summed E-state index contributed by atoms with van der Waals surface area (Å²) >= 11 is 0. The van der Waals surface area contributed by atoms with Crippen LogP contribution in [0.1, 0.15) is 26.7 Å². The maximum absolute atomic E-state index is 12.2. The Morgan fingerprint density at radius 1 is 1.44 bits per heavy atom. The highest BCUT2D eigenvalue weighted by Crippen LogP contribution is 2.42. The van der Waals surface area contributed by atoms with Crippen LogP contribution in [0.3, 0.4) is 0 Å². The van der Waals surface area contributed by atoms with Gasteiger partial charge in [0.05, 0.1) is 11.3 Å². The Hall–Kier alpha value is -1.38. The number of carboxylic acid groups (broad SMARTS) is 1. The lowest BCUT2D eigenvalue weighted by atomic mass is 9.72. The van der Waals surface area contributed by atoms with Gasteiger partial charge in [-0.2, -0.15) is 0 Å². The molecule has 16 heavy (non-hydrogen) atoms. The van der Waals surface area contributed by atoms with Crippen molar-refractivity contribution in [2.45, 2.75) is 26.7 Å². The number of Topliss-reactive ketones (excluding diaryl/α,β-unsaturated/α-hetero) is 1. The van der Waals surface area contributed by atoms with E-state index in [4.69, 9.17) is 5.11 Å². The largest absolute Gasteiger partial charge is 0.481 e. The summed E-state index contributed by atoms with van der Waals surface area (Å²) in [6.45, 7) is 3.22. The maximum atomic E-state index is 12.2. The van der Waals surface area contributed by atoms with Gasteiger partial charge in [-0.05, 0) is 38.2 Å². The van der Waals surface area contributed by atoms with E-state index in [1.54, 1.807) is 19.9 Å². The van der Waals surface area contributed by atoms with E-state index in [-0.39, 0.29) is 5.78 Å². The van der Waals surface area contributed by atoms with E-state index in [1.165, 1.54) is 0 Å². The summed E-state index contributed by atoms with van der Waals surface area (Å²) in [4.78, 5) is 23.3. The van der Waals surface area contributed by atoms with Gasteiger partial charge >= 0.3 is 5.97 Å². The molecule has 2 aliphatic carbocycles. The predicted molar refractivity (Wildman–Crippen MR) is 59.9 cm³/mol. The monoisotopic (exact) mass is 220 g/mol. The van der Waals surface area contributed by atoms with Crippen LogP contribution in [0.5, 0.6) is 0 Å². The second-order valence-corrected chi connectivity index (χ2v) is 5.15. The number of carboxylic acids is 1. The van der Waals surface area contributed by atoms with Crippen LogP contribution in [0.25, 0.3) is 0 Å². The van der Waals surface area contributed by atoms with Gasteiger partial charge in [0.25, 0.3) is 0 Å². The van der Waals surface area contributed by atoms with Crippen molar-refractivity contribution >= 4 is 11.8 Å². The summed E-state index contributed by atoms with van der Waals surface area (Å²) in [7, 11) is 0. The van der Waals surface area contributed by atoms with Crippen LogP contribution in [0.15, 0.2) is 23.8 Å². The predicted octanol–water partition coefficient (Wildman–Crippen LogP) is 2.19. The third kappa shape index (κ3) is 1.70. The number of ketones is 1. The van der Waals surface area contributed by atoms with Crippen molar-refractivity contribution in [2.75, 3.05) is 0 Å². The lowest BCUT2D eigenvalue weighted by molar-refractivity contribution is -0.151. The fourth-order valence-corrected chi connectivity index (χ4v) is 2.05. The lowest BCUT2D eigenvalue weighted by Gasteiger charge is -2.29. The molecule has 1 fully saturated rings. The van der Waals surface area contributed by atoms with Gasteiger partial charge in [0.2, 0.25) is 0 Å². The molecule has 2 aliphatic rings. The molecule has 0 spiro atoms. The number of rotatable bonds is 3. The van der Waals surface area contributed by atoms with E-state index in [1.807, 2.05) is 12.2 Å². The Morgan fingerprint density at radius 2 is 2.06 bits per heavy atom. The SMILES string of the molecule is CC(C)(C(=O)O)C1C=CC=C(C2CC2)C1=O. The molecule has 2 rings (SSSR count). The highest BCUT2D eigenvalue weighted by atomic mass is 16.4.